The molecule has 0 saturated carbocycles. The molecule has 5 rings (SSSR count). The van der Waals surface area contributed by atoms with E-state index in [1.807, 2.05) is 31.3 Å². The number of anilines is 3. The molecule has 0 bridgehead atoms. The van der Waals surface area contributed by atoms with Crippen LogP contribution < -0.4 is 14.7 Å². The van der Waals surface area contributed by atoms with E-state index < -0.39 is 0 Å². The number of hydrogen-bond donors (Lipinski definition) is 0. The SMILES string of the molecule is Cc1ccn(-c2ccc(N3CCN(c4cc(N5CCOCC5)ncn4)CC3)nn2)n1. The Hall–Kier alpha value is -3.27. The van der Waals surface area contributed by atoms with Crippen molar-refractivity contribution in [2.45, 2.75) is 6.92 Å². The number of rotatable bonds is 4. The molecular formula is C20H25N9O. The number of morpholine rings is 1. The Kier molecular flexibility index (Phi) is 5.14. The minimum absolute atomic E-state index is 0.724. The second kappa shape index (κ2) is 8.23. The highest BCUT2D eigenvalue weighted by Gasteiger charge is 2.21. The lowest BCUT2D eigenvalue weighted by Crippen LogP contribution is -2.47. The molecule has 3 aromatic rings. The first-order valence-electron chi connectivity index (χ1n) is 10.3. The van der Waals surface area contributed by atoms with Crippen molar-refractivity contribution in [1.82, 2.24) is 29.9 Å². The molecule has 2 aliphatic heterocycles. The highest BCUT2D eigenvalue weighted by molar-refractivity contribution is 5.52. The van der Waals surface area contributed by atoms with Crippen LogP contribution >= 0.6 is 0 Å². The lowest BCUT2D eigenvalue weighted by Gasteiger charge is -2.36. The van der Waals surface area contributed by atoms with Crippen molar-refractivity contribution < 1.29 is 4.74 Å². The number of ether oxygens (including phenoxy) is 1. The minimum atomic E-state index is 0.724. The zero-order chi connectivity index (χ0) is 20.3. The number of aryl methyl sites for hydroxylation is 1. The molecule has 10 nitrogen and oxygen atoms in total. The lowest BCUT2D eigenvalue weighted by molar-refractivity contribution is 0.122. The summed E-state index contributed by atoms with van der Waals surface area (Å²) in [5.74, 6) is 3.56. The van der Waals surface area contributed by atoms with Crippen molar-refractivity contribution in [3.05, 3.63) is 42.5 Å². The molecule has 156 valence electrons. The van der Waals surface area contributed by atoms with E-state index >= 15 is 0 Å². The van der Waals surface area contributed by atoms with Crippen LogP contribution in [0.4, 0.5) is 17.5 Å². The van der Waals surface area contributed by atoms with E-state index in [0.29, 0.717) is 0 Å². The monoisotopic (exact) mass is 407 g/mol. The molecule has 5 heterocycles. The van der Waals surface area contributed by atoms with Gasteiger partial charge in [-0.2, -0.15) is 5.10 Å². The van der Waals surface area contributed by atoms with Gasteiger partial charge >= 0.3 is 0 Å². The van der Waals surface area contributed by atoms with E-state index in [0.717, 1.165) is 81.4 Å². The molecule has 0 unspecified atom stereocenters. The third kappa shape index (κ3) is 3.90. The summed E-state index contributed by atoms with van der Waals surface area (Å²) in [6.45, 7) is 8.68. The standard InChI is InChI=1S/C20H25N9O/c1-16-4-5-29(25-16)18-3-2-17(23-24-18)26-6-8-27(9-7-26)19-14-20(22-15-21-19)28-10-12-30-13-11-28/h2-5,14-15H,6-13H2,1H3. The van der Waals surface area contributed by atoms with Gasteiger partial charge in [0.2, 0.25) is 0 Å². The summed E-state index contributed by atoms with van der Waals surface area (Å²) >= 11 is 0. The smallest absolute Gasteiger partial charge is 0.175 e. The average molecular weight is 407 g/mol. The van der Waals surface area contributed by atoms with Crippen molar-refractivity contribution in [3.8, 4) is 5.82 Å². The van der Waals surface area contributed by atoms with Gasteiger partial charge in [-0.25, -0.2) is 14.6 Å². The predicted molar refractivity (Wildman–Crippen MR) is 113 cm³/mol. The van der Waals surface area contributed by atoms with Crippen LogP contribution in [-0.4, -0.2) is 82.4 Å². The Morgan fingerprint density at radius 2 is 1.33 bits per heavy atom. The summed E-state index contributed by atoms with van der Waals surface area (Å²) in [5, 5.41) is 13.1. The van der Waals surface area contributed by atoms with Crippen LogP contribution in [0.2, 0.25) is 0 Å². The van der Waals surface area contributed by atoms with Gasteiger partial charge < -0.3 is 19.4 Å². The first-order valence-corrected chi connectivity index (χ1v) is 10.3. The quantitative estimate of drug-likeness (QED) is 0.626. The maximum Gasteiger partial charge on any atom is 0.175 e. The van der Waals surface area contributed by atoms with E-state index in [9.17, 15) is 0 Å². The summed E-state index contributed by atoms with van der Waals surface area (Å²) in [6, 6.07) is 8.00. The maximum absolute atomic E-state index is 5.44. The van der Waals surface area contributed by atoms with Crippen molar-refractivity contribution >= 4 is 17.5 Å². The molecule has 2 saturated heterocycles. The van der Waals surface area contributed by atoms with Crippen molar-refractivity contribution in [3.63, 3.8) is 0 Å². The minimum Gasteiger partial charge on any atom is -0.378 e. The third-order valence-corrected chi connectivity index (χ3v) is 5.49. The van der Waals surface area contributed by atoms with Crippen molar-refractivity contribution in [2.75, 3.05) is 67.2 Å². The Balaban J connectivity index is 1.22. The molecule has 0 aliphatic carbocycles. The van der Waals surface area contributed by atoms with E-state index in [1.165, 1.54) is 0 Å². The van der Waals surface area contributed by atoms with Crippen LogP contribution in [-0.2, 0) is 4.74 Å². The molecule has 2 aliphatic rings. The molecule has 2 fully saturated rings. The second-order valence-electron chi connectivity index (χ2n) is 7.46. The molecule has 0 aromatic carbocycles. The van der Waals surface area contributed by atoms with E-state index in [1.54, 1.807) is 11.0 Å². The normalized spacial score (nSPS) is 17.4. The summed E-state index contributed by atoms with van der Waals surface area (Å²) < 4.78 is 7.18. The lowest BCUT2D eigenvalue weighted by atomic mass is 10.3. The molecule has 10 heteroatoms. The summed E-state index contributed by atoms with van der Waals surface area (Å²) in [7, 11) is 0. The largest absolute Gasteiger partial charge is 0.378 e. The predicted octanol–water partition coefficient (Wildman–Crippen LogP) is 0.924. The van der Waals surface area contributed by atoms with Gasteiger partial charge in [0.1, 0.15) is 18.0 Å². The third-order valence-electron chi connectivity index (χ3n) is 5.49. The van der Waals surface area contributed by atoms with Gasteiger partial charge in [-0.1, -0.05) is 0 Å². The van der Waals surface area contributed by atoms with Gasteiger partial charge in [0.15, 0.2) is 11.6 Å². The summed E-state index contributed by atoms with van der Waals surface area (Å²) in [4.78, 5) is 15.8. The Morgan fingerprint density at radius 1 is 0.733 bits per heavy atom. The van der Waals surface area contributed by atoms with Crippen molar-refractivity contribution in [2.24, 2.45) is 0 Å². The van der Waals surface area contributed by atoms with Crippen LogP contribution in [0.25, 0.3) is 5.82 Å². The average Bonchev–Trinajstić information content (AvgIpc) is 3.26. The molecule has 3 aromatic heterocycles. The van der Waals surface area contributed by atoms with Gasteiger partial charge in [-0.3, -0.25) is 0 Å². The zero-order valence-corrected chi connectivity index (χ0v) is 17.1. The number of nitrogens with zero attached hydrogens (tertiary/aromatic N) is 9. The first kappa shape index (κ1) is 18.7. The molecule has 0 spiro atoms. The van der Waals surface area contributed by atoms with E-state index in [2.05, 4.69) is 46.0 Å². The summed E-state index contributed by atoms with van der Waals surface area (Å²) in [5.41, 5.74) is 0.957. The number of hydrogen-bond acceptors (Lipinski definition) is 9. The topological polar surface area (TPSA) is 88.3 Å². The van der Waals surface area contributed by atoms with E-state index in [4.69, 9.17) is 4.74 Å². The zero-order valence-electron chi connectivity index (χ0n) is 17.1. The van der Waals surface area contributed by atoms with Gasteiger partial charge in [-0.15, -0.1) is 10.2 Å². The van der Waals surface area contributed by atoms with Crippen LogP contribution in [0.5, 0.6) is 0 Å². The molecule has 0 atom stereocenters. The van der Waals surface area contributed by atoms with Gasteiger partial charge in [-0.05, 0) is 25.1 Å². The fourth-order valence-corrected chi connectivity index (χ4v) is 3.79. The fraction of sp³-hybridized carbons (Fsp3) is 0.450. The van der Waals surface area contributed by atoms with Crippen LogP contribution in [0.3, 0.4) is 0 Å². The Bertz CT molecular complexity index is 976. The van der Waals surface area contributed by atoms with Gasteiger partial charge in [0, 0.05) is 51.5 Å². The van der Waals surface area contributed by atoms with Crippen LogP contribution in [0.15, 0.2) is 36.8 Å². The first-order chi connectivity index (χ1) is 14.8. The number of piperazine rings is 1. The van der Waals surface area contributed by atoms with Gasteiger partial charge in [0.25, 0.3) is 0 Å². The fourth-order valence-electron chi connectivity index (χ4n) is 3.79. The van der Waals surface area contributed by atoms with Crippen molar-refractivity contribution in [1.29, 1.82) is 0 Å². The highest BCUT2D eigenvalue weighted by atomic mass is 16.5. The van der Waals surface area contributed by atoms with Crippen LogP contribution in [0, 0.1) is 6.92 Å². The Labute approximate surface area is 175 Å². The highest BCUT2D eigenvalue weighted by Crippen LogP contribution is 2.21. The maximum atomic E-state index is 5.44. The second-order valence-corrected chi connectivity index (χ2v) is 7.46. The molecule has 0 amide bonds. The molecule has 30 heavy (non-hydrogen) atoms. The molecule has 0 N–H and O–H groups in total. The Morgan fingerprint density at radius 3 is 1.93 bits per heavy atom. The number of aromatic nitrogens is 6. The molecule has 0 radical (unpaired) electrons. The van der Waals surface area contributed by atoms with Crippen LogP contribution in [0.1, 0.15) is 5.69 Å². The van der Waals surface area contributed by atoms with Gasteiger partial charge in [0.05, 0.1) is 18.9 Å². The van der Waals surface area contributed by atoms with E-state index in [-0.39, 0.29) is 0 Å². The summed E-state index contributed by atoms with van der Waals surface area (Å²) in [6.07, 6.45) is 3.55. The molecular weight excluding hydrogens is 382 g/mol.